The fourth-order valence-corrected chi connectivity index (χ4v) is 2.22. The van der Waals surface area contributed by atoms with Crippen molar-refractivity contribution >= 4 is 6.09 Å². The summed E-state index contributed by atoms with van der Waals surface area (Å²) >= 11 is 0. The van der Waals surface area contributed by atoms with Crippen LogP contribution in [0.2, 0.25) is 0 Å². The van der Waals surface area contributed by atoms with E-state index in [1.165, 1.54) is 0 Å². The van der Waals surface area contributed by atoms with Crippen molar-refractivity contribution in [3.05, 3.63) is 35.9 Å². The van der Waals surface area contributed by atoms with E-state index < -0.39 is 18.2 Å². The number of hydrogen-bond acceptors (Lipinski definition) is 2. The molecule has 0 bridgehead atoms. The highest BCUT2D eigenvalue weighted by molar-refractivity contribution is 5.67. The molecule has 0 radical (unpaired) electrons. The average Bonchev–Trinajstić information content (AvgIpc) is 2.45. The van der Waals surface area contributed by atoms with Gasteiger partial charge in [0.2, 0.25) is 0 Å². The Morgan fingerprint density at radius 2 is 2.00 bits per heavy atom. The molecule has 0 aliphatic carbocycles. The molecule has 2 rings (SSSR count). The fourth-order valence-electron chi connectivity index (χ4n) is 2.22. The molecule has 6 heteroatoms. The quantitative estimate of drug-likeness (QED) is 0.831. The third kappa shape index (κ3) is 3.88. The predicted octanol–water partition coefficient (Wildman–Crippen LogP) is 3.60. The van der Waals surface area contributed by atoms with Crippen molar-refractivity contribution in [1.82, 2.24) is 4.90 Å². The summed E-state index contributed by atoms with van der Waals surface area (Å²) in [7, 11) is 0. The number of amides is 1. The van der Waals surface area contributed by atoms with Crippen LogP contribution >= 0.6 is 0 Å². The Labute approximate surface area is 115 Å². The molecule has 1 fully saturated rings. The zero-order valence-electron chi connectivity index (χ0n) is 10.9. The molecule has 1 aliphatic heterocycles. The summed E-state index contributed by atoms with van der Waals surface area (Å²) in [6, 6.07) is 9.04. The van der Waals surface area contributed by atoms with Crippen LogP contribution in [0.3, 0.4) is 0 Å². The van der Waals surface area contributed by atoms with Crippen LogP contribution in [0.15, 0.2) is 30.3 Å². The van der Waals surface area contributed by atoms with Crippen LogP contribution in [-0.4, -0.2) is 30.3 Å². The summed E-state index contributed by atoms with van der Waals surface area (Å²) in [5, 5.41) is 0. The Kier molecular flexibility index (Phi) is 4.52. The summed E-state index contributed by atoms with van der Waals surface area (Å²) in [5.74, 6) is -1.44. The van der Waals surface area contributed by atoms with Gasteiger partial charge in [0, 0.05) is 13.1 Å². The molecule has 1 aromatic rings. The molecule has 1 aliphatic rings. The first-order valence-electron chi connectivity index (χ1n) is 6.49. The van der Waals surface area contributed by atoms with Gasteiger partial charge in [0.1, 0.15) is 6.61 Å². The molecule has 1 atom stereocenters. The van der Waals surface area contributed by atoms with E-state index in [2.05, 4.69) is 0 Å². The van der Waals surface area contributed by atoms with Gasteiger partial charge in [-0.1, -0.05) is 30.3 Å². The number of likely N-dealkylation sites (tertiary alicyclic amines) is 1. The summed E-state index contributed by atoms with van der Waals surface area (Å²) < 4.78 is 43.0. The monoisotopic (exact) mass is 287 g/mol. The molecule has 0 N–H and O–H groups in total. The van der Waals surface area contributed by atoms with Crippen molar-refractivity contribution in [3.8, 4) is 0 Å². The second kappa shape index (κ2) is 6.15. The number of piperidine rings is 1. The van der Waals surface area contributed by atoms with Gasteiger partial charge in [-0.2, -0.15) is 13.2 Å². The van der Waals surface area contributed by atoms with Gasteiger partial charge in [0.15, 0.2) is 0 Å². The van der Waals surface area contributed by atoms with Gasteiger partial charge in [0.05, 0.1) is 5.92 Å². The molecule has 0 aromatic heterocycles. The van der Waals surface area contributed by atoms with Crippen molar-refractivity contribution in [2.24, 2.45) is 5.92 Å². The minimum Gasteiger partial charge on any atom is -0.445 e. The molecule has 1 saturated heterocycles. The Hall–Kier alpha value is -1.72. The topological polar surface area (TPSA) is 29.5 Å². The van der Waals surface area contributed by atoms with E-state index in [4.69, 9.17) is 4.74 Å². The third-order valence-corrected chi connectivity index (χ3v) is 3.35. The normalized spacial score (nSPS) is 19.8. The lowest BCUT2D eigenvalue weighted by atomic mass is 9.98. The van der Waals surface area contributed by atoms with Crippen molar-refractivity contribution in [1.29, 1.82) is 0 Å². The van der Waals surface area contributed by atoms with Gasteiger partial charge in [-0.15, -0.1) is 0 Å². The van der Waals surface area contributed by atoms with Crippen molar-refractivity contribution < 1.29 is 22.7 Å². The fraction of sp³-hybridized carbons (Fsp3) is 0.500. The maximum absolute atomic E-state index is 12.7. The predicted molar refractivity (Wildman–Crippen MR) is 67.0 cm³/mol. The number of alkyl halides is 3. The zero-order valence-corrected chi connectivity index (χ0v) is 10.9. The van der Waals surface area contributed by atoms with Crippen molar-refractivity contribution in [3.63, 3.8) is 0 Å². The van der Waals surface area contributed by atoms with E-state index in [1.54, 1.807) is 12.1 Å². The summed E-state index contributed by atoms with van der Waals surface area (Å²) in [6.07, 6.45) is -4.50. The van der Waals surface area contributed by atoms with Crippen LogP contribution in [0.5, 0.6) is 0 Å². The highest BCUT2D eigenvalue weighted by Gasteiger charge is 2.42. The minimum atomic E-state index is -4.25. The molecule has 1 heterocycles. The minimum absolute atomic E-state index is 0.0754. The van der Waals surface area contributed by atoms with Crippen LogP contribution < -0.4 is 0 Å². The van der Waals surface area contributed by atoms with Crippen LogP contribution in [0.1, 0.15) is 18.4 Å². The van der Waals surface area contributed by atoms with E-state index in [0.717, 1.165) is 10.5 Å². The first kappa shape index (κ1) is 14.7. The molecule has 0 spiro atoms. The standard InChI is InChI=1S/C14H16F3NO2/c15-14(16,17)12-7-4-8-18(9-12)13(19)20-10-11-5-2-1-3-6-11/h1-3,5-6,12H,4,7-10H2. The number of carbonyl (C=O) groups is 1. The largest absolute Gasteiger partial charge is 0.445 e. The Morgan fingerprint density at radius 3 is 2.65 bits per heavy atom. The maximum atomic E-state index is 12.7. The summed E-state index contributed by atoms with van der Waals surface area (Å²) in [4.78, 5) is 12.9. The van der Waals surface area contributed by atoms with Crippen molar-refractivity contribution in [2.45, 2.75) is 25.6 Å². The number of ether oxygens (including phenoxy) is 1. The van der Waals surface area contributed by atoms with Gasteiger partial charge in [0.25, 0.3) is 0 Å². The highest BCUT2D eigenvalue weighted by Crippen LogP contribution is 2.33. The first-order valence-corrected chi connectivity index (χ1v) is 6.49. The molecule has 20 heavy (non-hydrogen) atoms. The van der Waals surface area contributed by atoms with Crippen LogP contribution in [-0.2, 0) is 11.3 Å². The smallest absolute Gasteiger partial charge is 0.410 e. The molecule has 0 saturated carbocycles. The number of benzene rings is 1. The Morgan fingerprint density at radius 1 is 1.30 bits per heavy atom. The zero-order chi connectivity index (χ0) is 14.6. The lowest BCUT2D eigenvalue weighted by Crippen LogP contribution is -2.44. The second-order valence-electron chi connectivity index (χ2n) is 4.87. The maximum Gasteiger partial charge on any atom is 0.410 e. The molecule has 1 aromatic carbocycles. The second-order valence-corrected chi connectivity index (χ2v) is 4.87. The molecular weight excluding hydrogens is 271 g/mol. The Bertz CT molecular complexity index is 447. The number of nitrogens with zero attached hydrogens (tertiary/aromatic N) is 1. The van der Waals surface area contributed by atoms with E-state index >= 15 is 0 Å². The van der Waals surface area contributed by atoms with Gasteiger partial charge >= 0.3 is 12.3 Å². The molecule has 1 unspecified atom stereocenters. The van der Waals surface area contributed by atoms with Crippen LogP contribution in [0.25, 0.3) is 0 Å². The van der Waals surface area contributed by atoms with Gasteiger partial charge in [-0.3, -0.25) is 0 Å². The molecule has 1 amide bonds. The van der Waals surface area contributed by atoms with Gasteiger partial charge < -0.3 is 9.64 Å². The summed E-state index contributed by atoms with van der Waals surface area (Å²) in [5.41, 5.74) is 0.810. The molecular formula is C14H16F3NO2. The lowest BCUT2D eigenvalue weighted by molar-refractivity contribution is -0.184. The average molecular weight is 287 g/mol. The van der Waals surface area contributed by atoms with E-state index in [0.29, 0.717) is 13.0 Å². The van der Waals surface area contributed by atoms with E-state index in [1.807, 2.05) is 18.2 Å². The number of rotatable bonds is 2. The number of halogens is 3. The molecule has 110 valence electrons. The summed E-state index contributed by atoms with van der Waals surface area (Å²) in [6.45, 7) is 0.0875. The van der Waals surface area contributed by atoms with Crippen LogP contribution in [0, 0.1) is 5.92 Å². The van der Waals surface area contributed by atoms with Gasteiger partial charge in [-0.05, 0) is 18.4 Å². The Balaban J connectivity index is 1.86. The van der Waals surface area contributed by atoms with Crippen LogP contribution in [0.4, 0.5) is 18.0 Å². The van der Waals surface area contributed by atoms with E-state index in [-0.39, 0.29) is 19.6 Å². The lowest BCUT2D eigenvalue weighted by Gasteiger charge is -2.32. The van der Waals surface area contributed by atoms with Crippen molar-refractivity contribution in [2.75, 3.05) is 13.1 Å². The first-order chi connectivity index (χ1) is 9.47. The third-order valence-electron chi connectivity index (χ3n) is 3.35. The molecule has 3 nitrogen and oxygen atoms in total. The SMILES string of the molecule is O=C(OCc1ccccc1)N1CCCC(C(F)(F)F)C1. The number of hydrogen-bond donors (Lipinski definition) is 0. The van der Waals surface area contributed by atoms with E-state index in [9.17, 15) is 18.0 Å². The number of carbonyl (C=O) groups excluding carboxylic acids is 1. The highest BCUT2D eigenvalue weighted by atomic mass is 19.4. The van der Waals surface area contributed by atoms with Gasteiger partial charge in [-0.25, -0.2) is 4.79 Å².